The molecule has 1 aliphatic heterocycles. The number of fused-ring (bicyclic) bond motifs is 1. The van der Waals surface area contributed by atoms with Crippen molar-refractivity contribution in [3.63, 3.8) is 0 Å². The van der Waals surface area contributed by atoms with Crippen LogP contribution < -0.4 is 9.64 Å². The molecule has 0 N–H and O–H groups in total. The molecule has 0 atom stereocenters. The van der Waals surface area contributed by atoms with E-state index < -0.39 is 15.6 Å². The summed E-state index contributed by atoms with van der Waals surface area (Å²) in [5.41, 5.74) is 3.12. The predicted octanol–water partition coefficient (Wildman–Crippen LogP) is 3.25. The number of nitrogens with zero attached hydrogens (tertiary/aromatic N) is 1. The first-order chi connectivity index (χ1) is 11.4. The number of anilines is 1. The van der Waals surface area contributed by atoms with Crippen molar-refractivity contribution in [2.45, 2.75) is 23.6 Å². The molecule has 0 aromatic heterocycles. The molecular weight excluding hydrogens is 336 g/mol. The van der Waals surface area contributed by atoms with Gasteiger partial charge in [0.15, 0.2) is 0 Å². The molecule has 1 aliphatic rings. The molecule has 1 heterocycles. The van der Waals surface area contributed by atoms with Gasteiger partial charge in [0.05, 0.1) is 12.0 Å². The lowest BCUT2D eigenvalue weighted by Gasteiger charge is -2.31. The van der Waals surface area contributed by atoms with Gasteiger partial charge >= 0.3 is 5.76 Å². The summed E-state index contributed by atoms with van der Waals surface area (Å²) < 4.78 is 53.5. The first-order valence-corrected chi connectivity index (χ1v) is 9.00. The molecule has 2 aromatic rings. The summed E-state index contributed by atoms with van der Waals surface area (Å²) in [7, 11) is -2.91. The highest BCUT2D eigenvalue weighted by atomic mass is 32.2. The van der Waals surface area contributed by atoms with Crippen LogP contribution in [0.15, 0.2) is 47.4 Å². The minimum Gasteiger partial charge on any atom is -0.496 e. The van der Waals surface area contributed by atoms with Crippen molar-refractivity contribution in [2.24, 2.45) is 0 Å². The summed E-state index contributed by atoms with van der Waals surface area (Å²) >= 11 is 0. The van der Waals surface area contributed by atoms with Crippen LogP contribution in [0.5, 0.6) is 5.75 Å². The zero-order valence-electron chi connectivity index (χ0n) is 13.1. The number of alkyl halides is 2. The van der Waals surface area contributed by atoms with Gasteiger partial charge in [-0.05, 0) is 42.3 Å². The molecule has 2 aromatic carbocycles. The van der Waals surface area contributed by atoms with Gasteiger partial charge in [-0.1, -0.05) is 12.1 Å². The van der Waals surface area contributed by atoms with Gasteiger partial charge in [0, 0.05) is 24.3 Å². The van der Waals surface area contributed by atoms with Crippen LogP contribution >= 0.6 is 0 Å². The molecule has 0 amide bonds. The number of hydrogen-bond acceptors (Lipinski definition) is 4. The van der Waals surface area contributed by atoms with Gasteiger partial charge < -0.3 is 9.64 Å². The van der Waals surface area contributed by atoms with E-state index in [1.807, 2.05) is 18.2 Å². The van der Waals surface area contributed by atoms with Crippen molar-refractivity contribution in [1.82, 2.24) is 0 Å². The fourth-order valence-corrected chi connectivity index (χ4v) is 3.66. The van der Waals surface area contributed by atoms with Crippen molar-refractivity contribution in [1.29, 1.82) is 0 Å². The fraction of sp³-hybridized carbons (Fsp3) is 0.294. The first kappa shape index (κ1) is 16.7. The van der Waals surface area contributed by atoms with Crippen molar-refractivity contribution in [3.8, 4) is 5.75 Å². The lowest BCUT2D eigenvalue weighted by Crippen LogP contribution is -2.30. The highest BCUT2D eigenvalue weighted by molar-refractivity contribution is 7.91. The maximum absolute atomic E-state index is 12.6. The summed E-state index contributed by atoms with van der Waals surface area (Å²) in [5, 5.41) is 0. The van der Waals surface area contributed by atoms with Crippen LogP contribution in [0.1, 0.15) is 11.1 Å². The summed E-state index contributed by atoms with van der Waals surface area (Å²) in [6.07, 6.45) is 0.802. The average Bonchev–Trinajstić information content (AvgIpc) is 2.60. The van der Waals surface area contributed by atoms with Gasteiger partial charge in [-0.3, -0.25) is 0 Å². The number of sulfone groups is 1. The van der Waals surface area contributed by atoms with E-state index in [0.29, 0.717) is 6.54 Å². The zero-order chi connectivity index (χ0) is 17.3. The molecule has 24 heavy (non-hydrogen) atoms. The summed E-state index contributed by atoms with van der Waals surface area (Å²) in [6, 6.07) is 11.5. The minimum atomic E-state index is -4.55. The highest BCUT2D eigenvalue weighted by Gasteiger charge is 2.27. The maximum atomic E-state index is 12.6. The monoisotopic (exact) mass is 353 g/mol. The molecule has 0 bridgehead atoms. The molecule has 0 radical (unpaired) electrons. The van der Waals surface area contributed by atoms with E-state index in [1.54, 1.807) is 19.2 Å². The Kier molecular flexibility index (Phi) is 4.45. The van der Waals surface area contributed by atoms with E-state index >= 15 is 0 Å². The Hall–Kier alpha value is -2.15. The van der Waals surface area contributed by atoms with E-state index in [9.17, 15) is 17.2 Å². The van der Waals surface area contributed by atoms with Crippen LogP contribution in [0.2, 0.25) is 0 Å². The second-order valence-electron chi connectivity index (χ2n) is 5.57. The van der Waals surface area contributed by atoms with Gasteiger partial charge in [-0.15, -0.1) is 0 Å². The second kappa shape index (κ2) is 6.39. The topological polar surface area (TPSA) is 46.6 Å². The molecule has 3 rings (SSSR count). The Bertz CT molecular complexity index is 835. The minimum absolute atomic E-state index is 0.361. The van der Waals surface area contributed by atoms with Crippen molar-refractivity contribution in [3.05, 3.63) is 53.6 Å². The average molecular weight is 353 g/mol. The van der Waals surface area contributed by atoms with Crippen LogP contribution in [0.3, 0.4) is 0 Å². The van der Waals surface area contributed by atoms with E-state index in [-0.39, 0.29) is 4.90 Å². The van der Waals surface area contributed by atoms with Gasteiger partial charge in [0.25, 0.3) is 0 Å². The number of halogens is 2. The van der Waals surface area contributed by atoms with E-state index in [4.69, 9.17) is 4.74 Å². The summed E-state index contributed by atoms with van der Waals surface area (Å²) in [5.74, 6) is -2.54. The molecular formula is C17H17F2NO3S. The van der Waals surface area contributed by atoms with E-state index in [1.165, 1.54) is 17.7 Å². The molecule has 0 unspecified atom stereocenters. The second-order valence-corrected chi connectivity index (χ2v) is 7.49. The van der Waals surface area contributed by atoms with Gasteiger partial charge in [-0.25, -0.2) is 8.42 Å². The molecule has 128 valence electrons. The van der Waals surface area contributed by atoms with Gasteiger partial charge in [0.1, 0.15) is 5.75 Å². The SMILES string of the molecule is COc1cccc2c1CCN(c1ccc(S(=O)(=O)C(F)F)cc1)C2. The third kappa shape index (κ3) is 2.96. The molecule has 0 fully saturated rings. The van der Waals surface area contributed by atoms with Crippen LogP contribution in [0.4, 0.5) is 14.5 Å². The van der Waals surface area contributed by atoms with Crippen LogP contribution in [-0.2, 0) is 22.8 Å². The summed E-state index contributed by atoms with van der Waals surface area (Å²) in [4.78, 5) is 1.72. The number of ether oxygens (including phenoxy) is 1. The number of rotatable bonds is 4. The molecule has 4 nitrogen and oxygen atoms in total. The van der Waals surface area contributed by atoms with Crippen molar-refractivity contribution >= 4 is 15.5 Å². The van der Waals surface area contributed by atoms with Crippen LogP contribution in [0.25, 0.3) is 0 Å². The van der Waals surface area contributed by atoms with Crippen LogP contribution in [-0.4, -0.2) is 27.8 Å². The Morgan fingerprint density at radius 2 is 1.83 bits per heavy atom. The normalized spacial score (nSPS) is 14.6. The highest BCUT2D eigenvalue weighted by Crippen LogP contribution is 2.31. The van der Waals surface area contributed by atoms with Crippen molar-refractivity contribution < 1.29 is 21.9 Å². The third-order valence-electron chi connectivity index (χ3n) is 4.21. The lowest BCUT2D eigenvalue weighted by molar-refractivity contribution is 0.234. The molecule has 0 spiro atoms. The zero-order valence-corrected chi connectivity index (χ0v) is 13.9. The Morgan fingerprint density at radius 3 is 2.46 bits per heavy atom. The van der Waals surface area contributed by atoms with Crippen LogP contribution in [0, 0.1) is 0 Å². The Morgan fingerprint density at radius 1 is 1.12 bits per heavy atom. The summed E-state index contributed by atoms with van der Waals surface area (Å²) in [6.45, 7) is 1.40. The third-order valence-corrected chi connectivity index (χ3v) is 5.61. The molecule has 0 aliphatic carbocycles. The maximum Gasteiger partial charge on any atom is 0.341 e. The first-order valence-electron chi connectivity index (χ1n) is 7.45. The van der Waals surface area contributed by atoms with Crippen molar-refractivity contribution in [2.75, 3.05) is 18.6 Å². The smallest absolute Gasteiger partial charge is 0.341 e. The molecule has 0 saturated heterocycles. The Balaban J connectivity index is 1.84. The fourth-order valence-electron chi connectivity index (χ4n) is 2.94. The standard InChI is InChI=1S/C17H17F2NO3S/c1-23-16-4-2-3-12-11-20(10-9-15(12)16)13-5-7-14(8-6-13)24(21,22)17(18)19/h2-8,17H,9-11H2,1H3. The predicted molar refractivity (Wildman–Crippen MR) is 87.4 cm³/mol. The quantitative estimate of drug-likeness (QED) is 0.847. The number of benzene rings is 2. The van der Waals surface area contributed by atoms with E-state index in [2.05, 4.69) is 4.90 Å². The van der Waals surface area contributed by atoms with Gasteiger partial charge in [0.2, 0.25) is 9.84 Å². The molecule has 0 saturated carbocycles. The number of hydrogen-bond donors (Lipinski definition) is 0. The Labute approximate surface area is 139 Å². The number of methoxy groups -OCH3 is 1. The van der Waals surface area contributed by atoms with Gasteiger partial charge in [-0.2, -0.15) is 8.78 Å². The van der Waals surface area contributed by atoms with E-state index in [0.717, 1.165) is 30.0 Å². The molecule has 7 heteroatoms. The lowest BCUT2D eigenvalue weighted by atomic mass is 9.98. The largest absolute Gasteiger partial charge is 0.496 e.